The molecule has 0 fully saturated rings. The molecule has 148 valence electrons. The van der Waals surface area contributed by atoms with Crippen LogP contribution in [-0.4, -0.2) is 34.0 Å². The van der Waals surface area contributed by atoms with Gasteiger partial charge in [-0.3, -0.25) is 9.59 Å². The van der Waals surface area contributed by atoms with Crippen molar-refractivity contribution in [3.63, 3.8) is 0 Å². The third-order valence-corrected chi connectivity index (χ3v) is 4.76. The van der Waals surface area contributed by atoms with Crippen LogP contribution >= 0.6 is 0 Å². The molecule has 4 rings (SSSR count). The van der Waals surface area contributed by atoms with Gasteiger partial charge >= 0.3 is 11.9 Å². The molecule has 0 unspecified atom stereocenters. The SMILES string of the molecule is O=C(O)c1ccc2c(c1)C(=O)N(c1cc(-c3cccc(F)c3)ccc1C(=O)O)C2=O. The van der Waals surface area contributed by atoms with Crippen molar-refractivity contribution in [2.24, 2.45) is 0 Å². The van der Waals surface area contributed by atoms with Crippen molar-refractivity contribution in [2.45, 2.75) is 0 Å². The number of carbonyl (C=O) groups excluding carboxylic acids is 2. The van der Waals surface area contributed by atoms with Crippen LogP contribution in [0.3, 0.4) is 0 Å². The van der Waals surface area contributed by atoms with Crippen LogP contribution < -0.4 is 4.90 Å². The second kappa shape index (κ2) is 6.93. The molecule has 7 nitrogen and oxygen atoms in total. The fourth-order valence-electron chi connectivity index (χ4n) is 3.34. The average molecular weight is 405 g/mol. The van der Waals surface area contributed by atoms with Gasteiger partial charge in [-0.25, -0.2) is 18.9 Å². The van der Waals surface area contributed by atoms with Crippen LogP contribution in [0.2, 0.25) is 0 Å². The number of anilines is 1. The minimum absolute atomic E-state index is 0.0301. The standard InChI is InChI=1S/C22H12FNO6/c23-14-3-1-2-11(8-14)12-4-7-16(22(29)30)18(10-12)24-19(25)15-6-5-13(21(27)28)9-17(15)20(24)26/h1-10H,(H,27,28)(H,29,30). The number of amides is 2. The third kappa shape index (κ3) is 3.00. The van der Waals surface area contributed by atoms with E-state index in [9.17, 15) is 28.7 Å². The monoisotopic (exact) mass is 405 g/mol. The fourth-order valence-corrected chi connectivity index (χ4v) is 3.34. The Morgan fingerprint density at radius 2 is 1.47 bits per heavy atom. The number of aromatic carboxylic acids is 2. The maximum atomic E-state index is 13.6. The van der Waals surface area contributed by atoms with Gasteiger partial charge in [-0.15, -0.1) is 0 Å². The predicted molar refractivity (Wildman–Crippen MR) is 103 cm³/mol. The summed E-state index contributed by atoms with van der Waals surface area (Å²) in [4.78, 5) is 49.4. The minimum Gasteiger partial charge on any atom is -0.478 e. The summed E-state index contributed by atoms with van der Waals surface area (Å²) in [5.74, 6) is -4.74. The molecule has 0 saturated heterocycles. The topological polar surface area (TPSA) is 112 Å². The van der Waals surface area contributed by atoms with E-state index in [1.807, 2.05) is 0 Å². The Hall–Kier alpha value is -4.33. The zero-order valence-electron chi connectivity index (χ0n) is 15.1. The smallest absolute Gasteiger partial charge is 0.337 e. The number of carbonyl (C=O) groups is 4. The zero-order valence-corrected chi connectivity index (χ0v) is 15.1. The molecule has 1 heterocycles. The first-order chi connectivity index (χ1) is 14.3. The van der Waals surface area contributed by atoms with Crippen LogP contribution in [0.25, 0.3) is 11.1 Å². The van der Waals surface area contributed by atoms with Crippen LogP contribution in [-0.2, 0) is 0 Å². The summed E-state index contributed by atoms with van der Waals surface area (Å²) in [5, 5.41) is 18.7. The van der Waals surface area contributed by atoms with Crippen LogP contribution in [0.1, 0.15) is 41.4 Å². The number of fused-ring (bicyclic) bond motifs is 1. The molecule has 0 bridgehead atoms. The maximum absolute atomic E-state index is 13.6. The second-order valence-corrected chi connectivity index (χ2v) is 6.56. The van der Waals surface area contributed by atoms with Crippen molar-refractivity contribution in [3.05, 3.63) is 88.7 Å². The van der Waals surface area contributed by atoms with Crippen molar-refractivity contribution < 1.29 is 33.8 Å². The summed E-state index contributed by atoms with van der Waals surface area (Å²) >= 11 is 0. The predicted octanol–water partition coefficient (Wildman–Crippen LogP) is 3.69. The summed E-state index contributed by atoms with van der Waals surface area (Å²) in [6.45, 7) is 0. The van der Waals surface area contributed by atoms with Gasteiger partial charge in [0.25, 0.3) is 11.8 Å². The van der Waals surface area contributed by atoms with E-state index in [-0.39, 0.29) is 27.9 Å². The normalized spacial score (nSPS) is 12.8. The quantitative estimate of drug-likeness (QED) is 0.641. The van der Waals surface area contributed by atoms with E-state index in [1.54, 1.807) is 6.07 Å². The van der Waals surface area contributed by atoms with Gasteiger partial charge in [0.05, 0.1) is 27.9 Å². The molecule has 3 aromatic rings. The van der Waals surface area contributed by atoms with Crippen LogP contribution in [0.4, 0.5) is 10.1 Å². The highest BCUT2D eigenvalue weighted by Crippen LogP contribution is 2.34. The largest absolute Gasteiger partial charge is 0.478 e. The molecule has 30 heavy (non-hydrogen) atoms. The van der Waals surface area contributed by atoms with Gasteiger partial charge in [0.2, 0.25) is 0 Å². The van der Waals surface area contributed by atoms with Crippen LogP contribution in [0.15, 0.2) is 60.7 Å². The lowest BCUT2D eigenvalue weighted by molar-refractivity contribution is 0.0686. The zero-order chi connectivity index (χ0) is 21.6. The molecule has 2 N–H and O–H groups in total. The molecule has 0 saturated carbocycles. The first-order valence-corrected chi connectivity index (χ1v) is 8.67. The molecule has 1 aliphatic heterocycles. The van der Waals surface area contributed by atoms with Gasteiger partial charge in [0.1, 0.15) is 5.82 Å². The average Bonchev–Trinajstić information content (AvgIpc) is 2.97. The lowest BCUT2D eigenvalue weighted by Gasteiger charge is -2.18. The molecule has 0 aromatic heterocycles. The summed E-state index contributed by atoms with van der Waals surface area (Å²) < 4.78 is 13.6. The number of carboxylic acid groups (broad SMARTS) is 2. The van der Waals surface area contributed by atoms with Crippen molar-refractivity contribution in [3.8, 4) is 11.1 Å². The number of rotatable bonds is 4. The first-order valence-electron chi connectivity index (χ1n) is 8.67. The number of carboxylic acids is 2. The number of nitrogens with zero attached hydrogens (tertiary/aromatic N) is 1. The number of hydrogen-bond acceptors (Lipinski definition) is 4. The van der Waals surface area contributed by atoms with E-state index in [0.29, 0.717) is 16.0 Å². The minimum atomic E-state index is -1.36. The first kappa shape index (κ1) is 19.0. The molecular weight excluding hydrogens is 393 g/mol. The lowest BCUT2D eigenvalue weighted by Crippen LogP contribution is -2.31. The Balaban J connectivity index is 1.87. The van der Waals surface area contributed by atoms with Crippen LogP contribution in [0.5, 0.6) is 0 Å². The van der Waals surface area contributed by atoms with Gasteiger partial charge < -0.3 is 10.2 Å². The number of hydrogen-bond donors (Lipinski definition) is 2. The van der Waals surface area contributed by atoms with Crippen molar-refractivity contribution in [2.75, 3.05) is 4.90 Å². The van der Waals surface area contributed by atoms with E-state index in [1.165, 1.54) is 48.5 Å². The molecule has 0 radical (unpaired) electrons. The number of imide groups is 1. The Kier molecular flexibility index (Phi) is 4.39. The summed E-state index contributed by atoms with van der Waals surface area (Å²) in [5.41, 5.74) is -0.000639. The Labute approximate surface area is 168 Å². The molecule has 1 aliphatic rings. The molecule has 2 amide bonds. The van der Waals surface area contributed by atoms with Crippen molar-refractivity contribution in [1.82, 2.24) is 0 Å². The van der Waals surface area contributed by atoms with Gasteiger partial charge in [-0.1, -0.05) is 18.2 Å². The van der Waals surface area contributed by atoms with Gasteiger partial charge in [-0.2, -0.15) is 0 Å². The molecule has 0 atom stereocenters. The Morgan fingerprint density at radius 3 is 2.13 bits per heavy atom. The van der Waals surface area contributed by atoms with Crippen molar-refractivity contribution in [1.29, 1.82) is 0 Å². The highest BCUT2D eigenvalue weighted by Gasteiger charge is 2.39. The summed E-state index contributed by atoms with van der Waals surface area (Å²) in [6, 6.07) is 13.0. The summed E-state index contributed by atoms with van der Waals surface area (Å²) in [6.07, 6.45) is 0. The van der Waals surface area contributed by atoms with Gasteiger partial charge in [0, 0.05) is 0 Å². The molecule has 3 aromatic carbocycles. The number of benzene rings is 3. The molecule has 0 aliphatic carbocycles. The van der Waals surface area contributed by atoms with E-state index in [4.69, 9.17) is 5.11 Å². The molecule has 8 heteroatoms. The highest BCUT2D eigenvalue weighted by atomic mass is 19.1. The lowest BCUT2D eigenvalue weighted by atomic mass is 10.0. The summed E-state index contributed by atoms with van der Waals surface area (Å²) in [7, 11) is 0. The maximum Gasteiger partial charge on any atom is 0.337 e. The fraction of sp³-hybridized carbons (Fsp3) is 0. The molecular formula is C22H12FNO6. The van der Waals surface area contributed by atoms with E-state index in [2.05, 4.69) is 0 Å². The highest BCUT2D eigenvalue weighted by molar-refractivity contribution is 6.35. The Morgan fingerprint density at radius 1 is 0.767 bits per heavy atom. The van der Waals surface area contributed by atoms with Crippen LogP contribution in [0, 0.1) is 5.82 Å². The van der Waals surface area contributed by atoms with E-state index in [0.717, 1.165) is 6.07 Å². The van der Waals surface area contributed by atoms with Crippen molar-refractivity contribution >= 4 is 29.4 Å². The number of halogens is 1. The molecule has 0 spiro atoms. The Bertz CT molecular complexity index is 1270. The third-order valence-electron chi connectivity index (χ3n) is 4.76. The van der Waals surface area contributed by atoms with Gasteiger partial charge in [0.15, 0.2) is 0 Å². The van der Waals surface area contributed by atoms with Gasteiger partial charge in [-0.05, 0) is 53.6 Å². The second-order valence-electron chi connectivity index (χ2n) is 6.56. The van der Waals surface area contributed by atoms with E-state index >= 15 is 0 Å². The van der Waals surface area contributed by atoms with E-state index < -0.39 is 29.6 Å².